The number of nitrogens with two attached hydrogens (primary N) is 1. The van der Waals surface area contributed by atoms with E-state index >= 15 is 4.39 Å². The van der Waals surface area contributed by atoms with Gasteiger partial charge in [0.1, 0.15) is 18.4 Å². The Balaban J connectivity index is 1.19. The third kappa shape index (κ3) is 7.93. The van der Waals surface area contributed by atoms with Gasteiger partial charge < -0.3 is 26.2 Å². The van der Waals surface area contributed by atoms with Gasteiger partial charge in [-0.25, -0.2) is 9.38 Å². The molecule has 1 heterocycles. The summed E-state index contributed by atoms with van der Waals surface area (Å²) < 4.78 is 16.0. The van der Waals surface area contributed by atoms with E-state index in [9.17, 15) is 19.2 Å². The predicted octanol–water partition coefficient (Wildman–Crippen LogP) is 2.02. The number of piperazine rings is 1. The van der Waals surface area contributed by atoms with Gasteiger partial charge in [-0.15, -0.1) is 0 Å². The topological polar surface area (TPSA) is 151 Å². The molecule has 4 saturated carbocycles. The van der Waals surface area contributed by atoms with E-state index in [0.717, 1.165) is 51.6 Å². The minimum atomic E-state index is -2.18. The zero-order chi connectivity index (χ0) is 34.8. The first-order valence-corrected chi connectivity index (χ1v) is 19.8. The molecule has 1 spiro atoms. The largest absolute Gasteiger partial charge is 0.404 e. The van der Waals surface area contributed by atoms with Crippen molar-refractivity contribution in [1.82, 2.24) is 20.1 Å². The summed E-state index contributed by atoms with van der Waals surface area (Å²) >= 11 is 0. The van der Waals surface area contributed by atoms with Gasteiger partial charge in [0.25, 0.3) is 14.7 Å². The average Bonchev–Trinajstić information content (AvgIpc) is 3.98. The molecule has 5 aliphatic rings. The zero-order valence-electron chi connectivity index (χ0n) is 28.9. The van der Waals surface area contributed by atoms with E-state index < -0.39 is 32.1 Å². The highest BCUT2D eigenvalue weighted by molar-refractivity contribution is 6.92. The lowest BCUT2D eigenvalue weighted by Crippen LogP contribution is -2.75. The number of carbonyl (C=O) groups excluding carboxylic acids is 4. The lowest BCUT2D eigenvalue weighted by molar-refractivity contribution is -0.450. The molecule has 5 fully saturated rings. The van der Waals surface area contributed by atoms with Crippen LogP contribution in [0.15, 0.2) is 30.5 Å². The maximum atomic E-state index is 16.0. The van der Waals surface area contributed by atoms with Crippen LogP contribution in [0.3, 0.4) is 0 Å². The molecule has 4 aliphatic carbocycles. The Kier molecular flexibility index (Phi) is 10.6. The van der Waals surface area contributed by atoms with Crippen LogP contribution in [0.5, 0.6) is 0 Å². The number of carbonyl (C=O) groups is 4. The van der Waals surface area contributed by atoms with E-state index in [0.29, 0.717) is 44.1 Å². The Morgan fingerprint density at radius 3 is 2.39 bits per heavy atom. The van der Waals surface area contributed by atoms with E-state index in [-0.39, 0.29) is 46.1 Å². The molecule has 49 heavy (non-hydrogen) atoms. The standard InChI is InChI=1S/C36H51FN7O4Si/c1-3-30(45)41-31(33(47)44-20-18-43(19-21-44)25-8-9-25)36(15-16-36)24-7-10-28(27(37)22-24)40-34(48)49(26-6-5-12-35(23-26)13-14-35)42-32(46)29(11-17-38)39-4-2/h7,10-11,17,22,25-26,31H,3-6,8-9,12-16,18-21,23,38H2,1-2H3,(H,40,48)(H,41,45)(H,42,46)/p+1/b17-11-,39-29?/t26-,31-/m0/s1. The minimum absolute atomic E-state index is 0.0205. The second-order valence-corrected chi connectivity index (χ2v) is 17.1. The predicted molar refractivity (Wildman–Crippen MR) is 187 cm³/mol. The van der Waals surface area contributed by atoms with Gasteiger partial charge >= 0.3 is 5.91 Å². The number of nitrogens with one attached hydrogen (secondary N) is 4. The van der Waals surface area contributed by atoms with Gasteiger partial charge in [0, 0.05) is 56.3 Å². The number of halogens is 1. The molecule has 1 saturated heterocycles. The van der Waals surface area contributed by atoms with E-state index in [4.69, 9.17) is 5.73 Å². The maximum absolute atomic E-state index is 16.0. The number of rotatable bonds is 13. The molecule has 1 radical (unpaired) electrons. The first-order valence-electron chi connectivity index (χ1n) is 18.2. The van der Waals surface area contributed by atoms with Crippen molar-refractivity contribution < 1.29 is 28.6 Å². The Labute approximate surface area is 290 Å². The summed E-state index contributed by atoms with van der Waals surface area (Å²) in [6.45, 7) is 7.02. The molecule has 6 N–H and O–H groups in total. The Morgan fingerprint density at radius 1 is 1.06 bits per heavy atom. The first kappa shape index (κ1) is 35.3. The summed E-state index contributed by atoms with van der Waals surface area (Å²) in [5.41, 5.74) is 5.75. The van der Waals surface area contributed by atoms with Crippen LogP contribution in [0, 0.1) is 11.2 Å². The molecule has 11 nitrogen and oxygen atoms in total. The fourth-order valence-electron chi connectivity index (χ4n) is 7.99. The van der Waals surface area contributed by atoms with E-state index in [1.807, 2.05) is 11.8 Å². The van der Waals surface area contributed by atoms with Crippen molar-refractivity contribution in [2.24, 2.45) is 11.1 Å². The molecule has 1 aliphatic heterocycles. The quantitative estimate of drug-likeness (QED) is 0.158. The van der Waals surface area contributed by atoms with Crippen molar-refractivity contribution >= 4 is 43.6 Å². The summed E-state index contributed by atoms with van der Waals surface area (Å²) in [6.07, 6.45) is 12.9. The summed E-state index contributed by atoms with van der Waals surface area (Å²) in [6, 6.07) is 4.57. The van der Waals surface area contributed by atoms with E-state index in [2.05, 4.69) is 25.5 Å². The zero-order valence-corrected chi connectivity index (χ0v) is 29.9. The lowest BCUT2D eigenvalue weighted by atomic mass is 9.86. The van der Waals surface area contributed by atoms with Crippen LogP contribution in [0.25, 0.3) is 0 Å². The molecule has 4 amide bonds. The van der Waals surface area contributed by atoms with Crippen molar-refractivity contribution in [1.29, 1.82) is 0 Å². The monoisotopic (exact) mass is 693 g/mol. The molecule has 0 aromatic heterocycles. The highest BCUT2D eigenvalue weighted by atomic mass is 28.3. The van der Waals surface area contributed by atoms with E-state index in [1.165, 1.54) is 31.2 Å². The van der Waals surface area contributed by atoms with Gasteiger partial charge in [-0.1, -0.05) is 25.8 Å². The second kappa shape index (κ2) is 14.7. The number of hydrogen-bond acceptors (Lipinski definition) is 6. The number of nitrogens with zero attached hydrogens (tertiary/aromatic N) is 2. The summed E-state index contributed by atoms with van der Waals surface area (Å²) in [4.78, 5) is 64.3. The Hall–Kier alpha value is -3.58. The minimum Gasteiger partial charge on any atom is -0.404 e. The van der Waals surface area contributed by atoms with Crippen molar-refractivity contribution in [3.8, 4) is 0 Å². The molecule has 13 heteroatoms. The lowest BCUT2D eigenvalue weighted by Gasteiger charge is -2.38. The second-order valence-electron chi connectivity index (χ2n) is 14.7. The van der Waals surface area contributed by atoms with Crippen LogP contribution < -0.4 is 26.3 Å². The van der Waals surface area contributed by atoms with Gasteiger partial charge in [-0.05, 0) is 86.9 Å². The number of hydrogen-bond donors (Lipinski definition) is 5. The molecule has 0 unspecified atom stereocenters. The normalized spacial score (nSPS) is 23.7. The molecular weight excluding hydrogens is 642 g/mol. The Morgan fingerprint density at radius 2 is 1.80 bits per heavy atom. The van der Waals surface area contributed by atoms with Crippen molar-refractivity contribution in [3.63, 3.8) is 0 Å². The molecule has 265 valence electrons. The van der Waals surface area contributed by atoms with Gasteiger partial charge in [0.2, 0.25) is 17.3 Å². The number of anilines is 1. The molecule has 6 rings (SSSR count). The van der Waals surface area contributed by atoms with Gasteiger partial charge in [-0.2, -0.15) is 0 Å². The highest BCUT2D eigenvalue weighted by Gasteiger charge is 2.56. The summed E-state index contributed by atoms with van der Waals surface area (Å²) in [5.74, 6) is -1.33. The van der Waals surface area contributed by atoms with Gasteiger partial charge in [0.05, 0.1) is 5.69 Å². The molecule has 1 aromatic carbocycles. The highest BCUT2D eigenvalue weighted by Crippen LogP contribution is 2.59. The van der Waals surface area contributed by atoms with Crippen LogP contribution >= 0.6 is 0 Å². The first-order chi connectivity index (χ1) is 23.6. The van der Waals surface area contributed by atoms with Crippen LogP contribution in [0.4, 0.5) is 14.9 Å². The smallest absolute Gasteiger partial charge is 0.308 e. The summed E-state index contributed by atoms with van der Waals surface area (Å²) in [7, 11) is -2.18. The average molecular weight is 694 g/mol. The van der Waals surface area contributed by atoms with Crippen molar-refractivity contribution in [2.45, 2.75) is 108 Å². The molecular formula is C36H52FN7O4Si+. The summed E-state index contributed by atoms with van der Waals surface area (Å²) in [5, 5.41) is 5.81. The third-order valence-corrected chi connectivity index (χ3v) is 13.8. The molecule has 1 aromatic rings. The number of benzene rings is 1. The molecule has 0 bridgehead atoms. The molecule has 2 atom stereocenters. The fraction of sp³-hybridized carbons (Fsp3) is 0.639. The van der Waals surface area contributed by atoms with Gasteiger partial charge in [-0.3, -0.25) is 24.1 Å². The van der Waals surface area contributed by atoms with Crippen molar-refractivity contribution in [2.75, 3.05) is 38.0 Å². The van der Waals surface area contributed by atoms with Gasteiger partial charge in [0.15, 0.2) is 0 Å². The number of amides is 4. The fourth-order valence-corrected chi connectivity index (χ4v) is 10.5. The van der Waals surface area contributed by atoms with Crippen LogP contribution in [0.1, 0.15) is 90.0 Å². The van der Waals surface area contributed by atoms with Crippen LogP contribution in [0.2, 0.25) is 5.54 Å². The van der Waals surface area contributed by atoms with Crippen LogP contribution in [-0.4, -0.2) is 92.5 Å². The maximum Gasteiger partial charge on any atom is 0.308 e. The van der Waals surface area contributed by atoms with E-state index in [1.54, 1.807) is 19.1 Å². The Bertz CT molecular complexity index is 1500. The van der Waals surface area contributed by atoms with Crippen LogP contribution in [-0.2, 0) is 19.8 Å². The van der Waals surface area contributed by atoms with Crippen molar-refractivity contribution in [3.05, 3.63) is 41.9 Å². The SMILES string of the molecule is CC[NH+]=C(/C=C\N)C(=O)N[Si](C(=O)Nc1ccc(C2([C@@H](NC(=O)CC)C(=O)N3CCN(C4CC4)CC3)CC2)cc1F)[C@H]1CCCC2(CC2)C1. The third-order valence-electron chi connectivity index (χ3n) is 11.4.